The van der Waals surface area contributed by atoms with Crippen molar-refractivity contribution in [3.8, 4) is 0 Å². The first-order valence-electron chi connectivity index (χ1n) is 11.3. The summed E-state index contributed by atoms with van der Waals surface area (Å²) in [7, 11) is 0. The maximum Gasteiger partial charge on any atom is 0.338 e. The molecule has 0 unspecified atom stereocenters. The van der Waals surface area contributed by atoms with Gasteiger partial charge >= 0.3 is 11.9 Å². The molecule has 1 atom stereocenters. The summed E-state index contributed by atoms with van der Waals surface area (Å²) in [5, 5.41) is 1.29. The average molecular weight is 614 g/mol. The summed E-state index contributed by atoms with van der Waals surface area (Å²) in [6.07, 6.45) is 1.56. The van der Waals surface area contributed by atoms with Crippen LogP contribution >= 0.6 is 57.7 Å². The summed E-state index contributed by atoms with van der Waals surface area (Å²) in [5.41, 5.74) is 6.70. The van der Waals surface area contributed by atoms with Crippen molar-refractivity contribution >= 4 is 87.1 Å². The van der Waals surface area contributed by atoms with E-state index < -0.39 is 23.4 Å². The van der Waals surface area contributed by atoms with Crippen LogP contribution in [0.5, 0.6) is 0 Å². The van der Waals surface area contributed by atoms with Crippen molar-refractivity contribution in [2.75, 3.05) is 13.2 Å². The van der Waals surface area contributed by atoms with Crippen LogP contribution in [0.15, 0.2) is 46.8 Å². The highest BCUT2D eigenvalue weighted by Crippen LogP contribution is 2.41. The zero-order valence-electron chi connectivity index (χ0n) is 20.0. The van der Waals surface area contributed by atoms with Crippen LogP contribution in [0.4, 0.5) is 0 Å². The summed E-state index contributed by atoms with van der Waals surface area (Å²) in [6.45, 7) is 3.35. The van der Waals surface area contributed by atoms with E-state index >= 15 is 0 Å². The monoisotopic (exact) mass is 612 g/mol. The van der Waals surface area contributed by atoms with Crippen molar-refractivity contribution in [3.05, 3.63) is 92.7 Å². The van der Waals surface area contributed by atoms with Crippen LogP contribution in [-0.2, 0) is 19.1 Å². The fraction of sp³-hybridized carbons (Fsp3) is 0.192. The quantitative estimate of drug-likeness (QED) is 0.409. The van der Waals surface area contributed by atoms with Gasteiger partial charge in [0.2, 0.25) is 0 Å². The van der Waals surface area contributed by atoms with Crippen LogP contribution < -0.4 is 20.5 Å². The number of thiazole rings is 1. The molecule has 2 heterocycles. The molecule has 12 heteroatoms. The molecule has 4 rings (SSSR count). The number of hydrogen-bond donors (Lipinski definition) is 1. The van der Waals surface area contributed by atoms with Crippen molar-refractivity contribution in [3.63, 3.8) is 0 Å². The molecule has 2 aromatic carbocycles. The second-order valence-corrected chi connectivity index (χ2v) is 10.7. The van der Waals surface area contributed by atoms with Crippen LogP contribution in [0.2, 0.25) is 20.1 Å². The number of aromatic nitrogens is 1. The molecule has 38 heavy (non-hydrogen) atoms. The molecule has 1 aromatic heterocycles. The maximum atomic E-state index is 13.6. The molecule has 0 fully saturated rings. The van der Waals surface area contributed by atoms with Gasteiger partial charge in [0.05, 0.1) is 34.8 Å². The largest absolute Gasteiger partial charge is 0.463 e. The lowest BCUT2D eigenvalue weighted by atomic mass is 9.83. The van der Waals surface area contributed by atoms with Gasteiger partial charge in [-0.1, -0.05) is 58.5 Å². The minimum absolute atomic E-state index is 0.0114. The van der Waals surface area contributed by atoms with Gasteiger partial charge in [-0.3, -0.25) is 9.36 Å². The normalized spacial score (nSPS) is 15.5. The maximum absolute atomic E-state index is 13.6. The van der Waals surface area contributed by atoms with Gasteiger partial charge in [-0.15, -0.1) is 11.3 Å². The molecule has 3 aromatic rings. The van der Waals surface area contributed by atoms with E-state index in [1.165, 1.54) is 6.07 Å². The molecular weight excluding hydrogens is 594 g/mol. The lowest BCUT2D eigenvalue weighted by Crippen LogP contribution is -2.42. The third kappa shape index (κ3) is 5.24. The number of fused-ring (bicyclic) bond motifs is 1. The van der Waals surface area contributed by atoms with Gasteiger partial charge in [-0.25, -0.2) is 9.59 Å². The van der Waals surface area contributed by atoms with Gasteiger partial charge in [0.15, 0.2) is 0 Å². The van der Waals surface area contributed by atoms with Crippen molar-refractivity contribution in [2.45, 2.75) is 19.8 Å². The second kappa shape index (κ2) is 11.6. The van der Waals surface area contributed by atoms with Crippen molar-refractivity contribution in [1.29, 1.82) is 0 Å². The number of halogens is 4. The molecule has 0 spiro atoms. The average Bonchev–Trinajstić information content (AvgIpc) is 3.17. The summed E-state index contributed by atoms with van der Waals surface area (Å²) in [6, 6.07) is 9.47. The zero-order chi connectivity index (χ0) is 27.7. The molecule has 0 aliphatic carbocycles. The Kier molecular flexibility index (Phi) is 8.59. The number of esters is 2. The standard InChI is InChI=1S/C26H20Cl4N2O5S/c1-3-36-25(34)20-19(15-8-7-14(28)11-17(15)30)21(26(35)37-4-2)24-32(22(20)31)23(33)18(38-24)9-12-5-6-13(27)10-16(12)29/h5-11,19H,3-4,31H2,1-2H3/b18-9-/t19-/m1/s1. The highest BCUT2D eigenvalue weighted by molar-refractivity contribution is 7.07. The van der Waals surface area contributed by atoms with Crippen molar-refractivity contribution in [1.82, 2.24) is 4.57 Å². The van der Waals surface area contributed by atoms with Gasteiger partial charge in [-0.05, 0) is 55.3 Å². The molecule has 1 aliphatic heterocycles. The first-order valence-corrected chi connectivity index (χ1v) is 13.6. The van der Waals surface area contributed by atoms with Gasteiger partial charge in [0.25, 0.3) is 5.56 Å². The fourth-order valence-corrected chi connectivity index (χ4v) is 6.21. The van der Waals surface area contributed by atoms with E-state index in [2.05, 4.69) is 0 Å². The number of rotatable bonds is 6. The van der Waals surface area contributed by atoms with E-state index in [0.29, 0.717) is 26.2 Å². The third-order valence-corrected chi connectivity index (χ3v) is 7.89. The second-order valence-electron chi connectivity index (χ2n) is 7.97. The first-order chi connectivity index (χ1) is 18.1. The van der Waals surface area contributed by atoms with Crippen molar-refractivity contribution < 1.29 is 19.1 Å². The van der Waals surface area contributed by atoms with E-state index in [-0.39, 0.29) is 44.4 Å². The van der Waals surface area contributed by atoms with Gasteiger partial charge < -0.3 is 15.2 Å². The molecule has 7 nitrogen and oxygen atoms in total. The Morgan fingerprint density at radius 3 is 2.11 bits per heavy atom. The van der Waals surface area contributed by atoms with Crippen LogP contribution in [0, 0.1) is 0 Å². The van der Waals surface area contributed by atoms with Crippen LogP contribution in [-0.4, -0.2) is 29.7 Å². The van der Waals surface area contributed by atoms with Crippen LogP contribution in [0.1, 0.15) is 30.9 Å². The summed E-state index contributed by atoms with van der Waals surface area (Å²) in [4.78, 5) is 40.3. The van der Waals surface area contributed by atoms with E-state index in [0.717, 1.165) is 15.9 Å². The molecule has 0 saturated carbocycles. The first kappa shape index (κ1) is 28.3. The minimum atomic E-state index is -1.09. The predicted molar refractivity (Wildman–Crippen MR) is 151 cm³/mol. The zero-order valence-corrected chi connectivity index (χ0v) is 23.9. The molecule has 0 amide bonds. The van der Waals surface area contributed by atoms with Crippen LogP contribution in [0.25, 0.3) is 17.5 Å². The smallest absolute Gasteiger partial charge is 0.338 e. The molecule has 1 aliphatic rings. The Morgan fingerprint density at radius 1 is 0.947 bits per heavy atom. The van der Waals surface area contributed by atoms with E-state index in [4.69, 9.17) is 61.6 Å². The SMILES string of the molecule is CCOC(=O)C1=C(N)n2c(s/c(=C\c3ccc(Cl)cc3Cl)c2=O)=C(C(=O)OCC)[C@@H]1c1ccc(Cl)cc1Cl. The van der Waals surface area contributed by atoms with E-state index in [9.17, 15) is 14.4 Å². The number of ether oxygens (including phenoxy) is 2. The van der Waals surface area contributed by atoms with Crippen molar-refractivity contribution in [2.24, 2.45) is 5.73 Å². The number of benzene rings is 2. The minimum Gasteiger partial charge on any atom is -0.463 e. The Morgan fingerprint density at radius 2 is 1.53 bits per heavy atom. The lowest BCUT2D eigenvalue weighted by Gasteiger charge is -2.27. The molecule has 0 radical (unpaired) electrons. The summed E-state index contributed by atoms with van der Waals surface area (Å²) in [5.74, 6) is -2.84. The fourth-order valence-electron chi connectivity index (χ4n) is 4.07. The number of carbonyl (C=O) groups is 2. The Labute approximate surface area is 241 Å². The van der Waals surface area contributed by atoms with Gasteiger partial charge in [0, 0.05) is 20.1 Å². The Bertz CT molecular complexity index is 1680. The third-order valence-electron chi connectivity index (χ3n) is 5.66. The predicted octanol–water partition coefficient (Wildman–Crippen LogP) is 4.55. The summed E-state index contributed by atoms with van der Waals surface area (Å²) >= 11 is 26.0. The van der Waals surface area contributed by atoms with Crippen LogP contribution in [0.3, 0.4) is 0 Å². The molecule has 198 valence electrons. The number of nitrogens with zero attached hydrogens (tertiary/aromatic N) is 1. The summed E-state index contributed by atoms with van der Waals surface area (Å²) < 4.78 is 12.1. The Hall–Kier alpha value is -2.75. The van der Waals surface area contributed by atoms with Gasteiger partial charge in [0.1, 0.15) is 10.5 Å². The van der Waals surface area contributed by atoms with E-state index in [1.807, 2.05) is 0 Å². The molecule has 0 saturated heterocycles. The highest BCUT2D eigenvalue weighted by atomic mass is 35.5. The van der Waals surface area contributed by atoms with Gasteiger partial charge in [-0.2, -0.15) is 0 Å². The highest BCUT2D eigenvalue weighted by Gasteiger charge is 2.40. The topological polar surface area (TPSA) is 101 Å². The number of hydrogen-bond acceptors (Lipinski definition) is 7. The lowest BCUT2D eigenvalue weighted by molar-refractivity contribution is -0.138. The number of carbonyl (C=O) groups excluding carboxylic acids is 2. The Balaban J connectivity index is 2.15. The molecule has 0 bridgehead atoms. The molecule has 2 N–H and O–H groups in total. The molecular formula is C26H20Cl4N2O5S. The van der Waals surface area contributed by atoms with E-state index in [1.54, 1.807) is 50.3 Å². The number of nitrogens with two attached hydrogens (primary N) is 1.